The molecular weight excluding hydrogens is 528 g/mol. The van der Waals surface area contributed by atoms with Gasteiger partial charge in [0.1, 0.15) is 0 Å². The third kappa shape index (κ3) is 3.76. The fourth-order valence-corrected chi connectivity index (χ4v) is 4.10. The molecule has 0 spiro atoms. The molecule has 0 aromatic heterocycles. The quantitative estimate of drug-likeness (QED) is 0.309. The number of hydrogen-bond acceptors (Lipinski definition) is 4. The Bertz CT molecular complexity index is 1180. The molecule has 3 rings (SSSR count). The van der Waals surface area contributed by atoms with Crippen LogP contribution in [0.1, 0.15) is 22.7 Å². The normalized spacial score (nSPS) is 20.1. The Morgan fingerprint density at radius 2 is 1.22 bits per heavy atom. The summed E-state index contributed by atoms with van der Waals surface area (Å²) in [5.74, 6) is -2.79. The molecule has 1 aliphatic carbocycles. The maximum atomic E-state index is 13.3. The van der Waals surface area contributed by atoms with Crippen molar-refractivity contribution in [2.75, 3.05) is 5.73 Å². The molecule has 16 heteroatoms. The molecule has 0 amide bonds. The number of halogens is 12. The highest BCUT2D eigenvalue weighted by Crippen LogP contribution is 2.54. The largest absolute Gasteiger partial charge is 0.430 e. The Morgan fingerprint density at radius 3 is 1.67 bits per heavy atom. The fourth-order valence-electron chi connectivity index (χ4n) is 4.10. The first-order valence-electron chi connectivity index (χ1n) is 9.52. The van der Waals surface area contributed by atoms with E-state index in [1.54, 1.807) is 0 Å². The van der Waals surface area contributed by atoms with E-state index in [0.717, 1.165) is 12.1 Å². The predicted molar refractivity (Wildman–Crippen MR) is 101 cm³/mol. The molecule has 2 atom stereocenters. The molecule has 1 aliphatic rings. The molecule has 0 bridgehead atoms. The molecule has 0 fully saturated rings. The van der Waals surface area contributed by atoms with Crippen molar-refractivity contribution in [3.8, 4) is 0 Å². The van der Waals surface area contributed by atoms with Crippen LogP contribution in [-0.4, -0.2) is 40.5 Å². The van der Waals surface area contributed by atoms with Gasteiger partial charge in [-0.05, 0) is 28.6 Å². The molecule has 2 aromatic carbocycles. The van der Waals surface area contributed by atoms with Gasteiger partial charge in [-0.2, -0.15) is 52.7 Å². The van der Waals surface area contributed by atoms with Crippen molar-refractivity contribution in [2.24, 2.45) is 11.7 Å². The third-order valence-corrected chi connectivity index (χ3v) is 6.05. The van der Waals surface area contributed by atoms with Gasteiger partial charge in [-0.3, -0.25) is 0 Å². The lowest BCUT2D eigenvalue weighted by Crippen LogP contribution is -2.63. The maximum absolute atomic E-state index is 13.3. The lowest BCUT2D eigenvalue weighted by Gasteiger charge is -2.41. The number of benzene rings is 2. The van der Waals surface area contributed by atoms with Gasteiger partial charge in [0.25, 0.3) is 11.2 Å². The van der Waals surface area contributed by atoms with Crippen molar-refractivity contribution in [1.82, 2.24) is 0 Å². The van der Waals surface area contributed by atoms with Crippen LogP contribution in [0.25, 0.3) is 16.8 Å². The van der Waals surface area contributed by atoms with Gasteiger partial charge in [-0.25, -0.2) is 0 Å². The Hall–Kier alpha value is -2.72. The number of hydrogen-bond donors (Lipinski definition) is 4. The van der Waals surface area contributed by atoms with Crippen LogP contribution in [0, 0.1) is 5.92 Å². The summed E-state index contributed by atoms with van der Waals surface area (Å²) < 4.78 is 159. The van der Waals surface area contributed by atoms with Crippen molar-refractivity contribution < 1.29 is 62.9 Å². The van der Waals surface area contributed by atoms with Crippen LogP contribution in [0.2, 0.25) is 0 Å². The summed E-state index contributed by atoms with van der Waals surface area (Å²) >= 11 is 0. The molecule has 36 heavy (non-hydrogen) atoms. The molecule has 0 heterocycles. The summed E-state index contributed by atoms with van der Waals surface area (Å²) in [5.41, 5.74) is -3.22. The van der Waals surface area contributed by atoms with E-state index in [2.05, 4.69) is 0 Å². The number of fused-ring (bicyclic) bond motifs is 2. The minimum atomic E-state index is -6.27. The zero-order valence-electron chi connectivity index (χ0n) is 17.2. The average Bonchev–Trinajstić information content (AvgIpc) is 2.69. The summed E-state index contributed by atoms with van der Waals surface area (Å²) in [6.07, 6.45) is -24.1. The van der Waals surface area contributed by atoms with Crippen LogP contribution in [0.3, 0.4) is 0 Å². The van der Waals surface area contributed by atoms with E-state index in [1.807, 2.05) is 0 Å². The Labute approximate surface area is 192 Å². The second-order valence-electron chi connectivity index (χ2n) is 8.11. The Morgan fingerprint density at radius 1 is 0.722 bits per heavy atom. The number of anilines is 1. The number of aliphatic hydroxyl groups is 2. The molecule has 2 aromatic rings. The van der Waals surface area contributed by atoms with Crippen LogP contribution < -0.4 is 11.5 Å². The molecular formula is C20H14F12N2O2. The average molecular weight is 542 g/mol. The van der Waals surface area contributed by atoms with Crippen molar-refractivity contribution in [3.05, 3.63) is 47.0 Å². The molecule has 0 radical (unpaired) electrons. The summed E-state index contributed by atoms with van der Waals surface area (Å²) in [6, 6.07) is 0.228. The molecule has 0 saturated heterocycles. The van der Waals surface area contributed by atoms with Gasteiger partial charge >= 0.3 is 24.7 Å². The van der Waals surface area contributed by atoms with Crippen LogP contribution in [0.4, 0.5) is 58.4 Å². The van der Waals surface area contributed by atoms with E-state index in [4.69, 9.17) is 11.5 Å². The van der Waals surface area contributed by atoms with Crippen LogP contribution in [0.15, 0.2) is 30.3 Å². The van der Waals surface area contributed by atoms with Gasteiger partial charge in [0.15, 0.2) is 0 Å². The van der Waals surface area contributed by atoms with Crippen molar-refractivity contribution in [3.63, 3.8) is 0 Å². The number of nitrogens with two attached hydrogens (primary N) is 2. The summed E-state index contributed by atoms with van der Waals surface area (Å²) in [7, 11) is 0. The van der Waals surface area contributed by atoms with E-state index in [0.29, 0.717) is 12.1 Å². The molecule has 4 nitrogen and oxygen atoms in total. The van der Waals surface area contributed by atoms with Gasteiger partial charge in [0.05, 0.1) is 0 Å². The zero-order valence-corrected chi connectivity index (χ0v) is 17.2. The molecule has 6 N–H and O–H groups in total. The van der Waals surface area contributed by atoms with Crippen LogP contribution in [-0.2, 0) is 5.60 Å². The highest BCUT2D eigenvalue weighted by molar-refractivity contribution is 5.97. The highest BCUT2D eigenvalue weighted by Gasteiger charge is 2.74. The molecule has 2 unspecified atom stereocenters. The monoisotopic (exact) mass is 542 g/mol. The van der Waals surface area contributed by atoms with Crippen molar-refractivity contribution in [1.29, 1.82) is 0 Å². The van der Waals surface area contributed by atoms with Gasteiger partial charge < -0.3 is 21.7 Å². The van der Waals surface area contributed by atoms with Crippen LogP contribution >= 0.6 is 0 Å². The summed E-state index contributed by atoms with van der Waals surface area (Å²) in [6.45, 7) is 0. The number of nitrogen functional groups attached to an aromatic ring is 1. The molecule has 0 aliphatic heterocycles. The lowest BCUT2D eigenvalue weighted by atomic mass is 9.73. The van der Waals surface area contributed by atoms with Gasteiger partial charge in [0, 0.05) is 28.6 Å². The predicted octanol–water partition coefficient (Wildman–Crippen LogP) is 5.23. The molecule has 200 valence electrons. The third-order valence-electron chi connectivity index (χ3n) is 6.05. The smallest absolute Gasteiger partial charge is 0.398 e. The second kappa shape index (κ2) is 7.89. The van der Waals surface area contributed by atoms with Crippen molar-refractivity contribution >= 4 is 22.5 Å². The van der Waals surface area contributed by atoms with E-state index < -0.39 is 70.1 Å². The zero-order chi connectivity index (χ0) is 27.9. The van der Waals surface area contributed by atoms with Gasteiger partial charge in [0.2, 0.25) is 0 Å². The minimum absolute atomic E-state index is 0.175. The maximum Gasteiger partial charge on any atom is 0.430 e. The Balaban J connectivity index is 2.24. The first kappa shape index (κ1) is 27.9. The second-order valence-corrected chi connectivity index (χ2v) is 8.11. The Kier molecular flexibility index (Phi) is 6.10. The highest BCUT2D eigenvalue weighted by atomic mass is 19.4. The molecule has 0 saturated carbocycles. The van der Waals surface area contributed by atoms with E-state index in [1.165, 1.54) is 0 Å². The SMILES string of the molecule is Nc1c(C(O)(C(F)(F)F)C(F)(F)F)ccc2cc3c(cc12)C=CC(C(O)(C(F)(F)F)C(F)(F)F)C3N. The van der Waals surface area contributed by atoms with E-state index >= 15 is 0 Å². The lowest BCUT2D eigenvalue weighted by molar-refractivity contribution is -0.382. The van der Waals surface area contributed by atoms with Gasteiger partial charge in [-0.15, -0.1) is 0 Å². The minimum Gasteiger partial charge on any atom is -0.398 e. The number of alkyl halides is 12. The summed E-state index contributed by atoms with van der Waals surface area (Å²) in [4.78, 5) is 0. The van der Waals surface area contributed by atoms with Gasteiger partial charge in [-0.1, -0.05) is 24.3 Å². The summed E-state index contributed by atoms with van der Waals surface area (Å²) in [5, 5.41) is 18.5. The standard InChI is InChI=1S/C20H14F12N2O2/c21-17(22,23)15(35,18(24,25)26)11-3-1-7-5-10-8(6-9(7)13(11)33)2-4-12(14(10)34)16(36,19(27,28)29)20(30,31)32/h1-6,11,13,35-36H,33-34H2. The first-order valence-corrected chi connectivity index (χ1v) is 9.52. The topological polar surface area (TPSA) is 92.5 Å². The number of rotatable bonds is 2. The van der Waals surface area contributed by atoms with Crippen molar-refractivity contribution in [2.45, 2.75) is 41.9 Å². The van der Waals surface area contributed by atoms with E-state index in [-0.39, 0.29) is 23.1 Å². The van der Waals surface area contributed by atoms with E-state index in [9.17, 15) is 62.9 Å². The fraction of sp³-hybridized carbons (Fsp3) is 0.400. The van der Waals surface area contributed by atoms with Crippen LogP contribution in [0.5, 0.6) is 0 Å². The first-order chi connectivity index (χ1) is 16.0.